The summed E-state index contributed by atoms with van der Waals surface area (Å²) in [7, 11) is 0. The van der Waals surface area contributed by atoms with Crippen LogP contribution in [0.2, 0.25) is 0 Å². The number of anilines is 1. The molecular formula is C13H17N3OS. The third-order valence-corrected chi connectivity index (χ3v) is 4.54. The van der Waals surface area contributed by atoms with Crippen molar-refractivity contribution in [1.29, 1.82) is 0 Å². The quantitative estimate of drug-likeness (QED) is 0.923. The Bertz CT molecular complexity index is 561. The van der Waals surface area contributed by atoms with Gasteiger partial charge in [0.2, 0.25) is 0 Å². The van der Waals surface area contributed by atoms with Crippen LogP contribution in [0.15, 0.2) is 6.07 Å². The van der Waals surface area contributed by atoms with E-state index in [1.807, 2.05) is 0 Å². The van der Waals surface area contributed by atoms with Gasteiger partial charge in [-0.3, -0.25) is 0 Å². The monoisotopic (exact) mass is 263 g/mol. The van der Waals surface area contributed by atoms with Gasteiger partial charge in [-0.25, -0.2) is 9.97 Å². The molecule has 96 valence electrons. The van der Waals surface area contributed by atoms with Gasteiger partial charge >= 0.3 is 0 Å². The highest BCUT2D eigenvalue weighted by Crippen LogP contribution is 2.28. The van der Waals surface area contributed by atoms with E-state index < -0.39 is 0 Å². The van der Waals surface area contributed by atoms with Crippen molar-refractivity contribution in [2.45, 2.75) is 26.2 Å². The van der Waals surface area contributed by atoms with Gasteiger partial charge in [0.25, 0.3) is 0 Å². The molecule has 0 saturated carbocycles. The van der Waals surface area contributed by atoms with Crippen LogP contribution in [-0.2, 0) is 17.6 Å². The summed E-state index contributed by atoms with van der Waals surface area (Å²) in [5, 5.41) is 1.00. The summed E-state index contributed by atoms with van der Waals surface area (Å²) in [6, 6.07) is 2.11. The number of hydrogen-bond acceptors (Lipinski definition) is 5. The van der Waals surface area contributed by atoms with Gasteiger partial charge in [0.1, 0.15) is 16.5 Å². The molecule has 0 aliphatic carbocycles. The van der Waals surface area contributed by atoms with E-state index >= 15 is 0 Å². The number of nitrogens with two attached hydrogens (primary N) is 1. The van der Waals surface area contributed by atoms with Crippen LogP contribution in [0.1, 0.15) is 24.0 Å². The maximum absolute atomic E-state index is 6.02. The molecule has 2 aromatic heterocycles. The van der Waals surface area contributed by atoms with Gasteiger partial charge in [0.05, 0.1) is 5.39 Å². The number of aryl methyl sites for hydroxylation is 1. The summed E-state index contributed by atoms with van der Waals surface area (Å²) in [4.78, 5) is 11.4. The molecule has 3 heterocycles. The van der Waals surface area contributed by atoms with Gasteiger partial charge in [-0.05, 0) is 24.8 Å². The Balaban J connectivity index is 1.92. The number of aromatic nitrogens is 2. The predicted octanol–water partition coefficient (Wildman–Crippen LogP) is 2.41. The molecule has 0 bridgehead atoms. The molecule has 1 unspecified atom stereocenters. The van der Waals surface area contributed by atoms with Crippen LogP contribution in [0.5, 0.6) is 0 Å². The van der Waals surface area contributed by atoms with E-state index in [2.05, 4.69) is 23.0 Å². The fraction of sp³-hybridized carbons (Fsp3) is 0.538. The van der Waals surface area contributed by atoms with Crippen molar-refractivity contribution >= 4 is 27.4 Å². The van der Waals surface area contributed by atoms with Crippen molar-refractivity contribution in [2.75, 3.05) is 18.9 Å². The SMILES string of the molecule is CCc1cc2c(N)nc(CC3CCOC3)nc2s1. The number of nitrogens with zero attached hydrogens (tertiary/aromatic N) is 2. The third kappa shape index (κ3) is 2.20. The molecule has 5 heteroatoms. The first-order valence-corrected chi connectivity index (χ1v) is 7.20. The van der Waals surface area contributed by atoms with E-state index in [0.29, 0.717) is 11.7 Å². The van der Waals surface area contributed by atoms with Crippen molar-refractivity contribution in [3.05, 3.63) is 16.8 Å². The topological polar surface area (TPSA) is 61.0 Å². The number of fused-ring (bicyclic) bond motifs is 1. The molecule has 1 saturated heterocycles. The minimum absolute atomic E-state index is 0.549. The first kappa shape index (κ1) is 11.9. The van der Waals surface area contributed by atoms with E-state index in [1.165, 1.54) is 4.88 Å². The van der Waals surface area contributed by atoms with E-state index in [4.69, 9.17) is 10.5 Å². The normalized spacial score (nSPS) is 19.7. The Labute approximate surface area is 110 Å². The van der Waals surface area contributed by atoms with Crippen molar-refractivity contribution in [3.8, 4) is 0 Å². The lowest BCUT2D eigenvalue weighted by molar-refractivity contribution is 0.185. The van der Waals surface area contributed by atoms with Crippen LogP contribution in [0, 0.1) is 5.92 Å². The molecule has 1 fully saturated rings. The van der Waals surface area contributed by atoms with Crippen LogP contribution in [0.25, 0.3) is 10.2 Å². The molecule has 1 aliphatic rings. The van der Waals surface area contributed by atoms with Crippen molar-refractivity contribution < 1.29 is 4.74 Å². The average molecular weight is 263 g/mol. The van der Waals surface area contributed by atoms with E-state index in [0.717, 1.165) is 48.5 Å². The number of ether oxygens (including phenoxy) is 1. The molecule has 0 aromatic carbocycles. The zero-order valence-electron chi connectivity index (χ0n) is 10.5. The Morgan fingerprint density at radius 1 is 1.50 bits per heavy atom. The van der Waals surface area contributed by atoms with Gasteiger partial charge in [0, 0.05) is 24.5 Å². The van der Waals surface area contributed by atoms with Crippen LogP contribution >= 0.6 is 11.3 Å². The maximum Gasteiger partial charge on any atom is 0.135 e. The summed E-state index contributed by atoms with van der Waals surface area (Å²) in [6.07, 6.45) is 3.00. The van der Waals surface area contributed by atoms with Gasteiger partial charge in [-0.15, -0.1) is 11.3 Å². The Morgan fingerprint density at radius 2 is 2.39 bits per heavy atom. The van der Waals surface area contributed by atoms with Crippen molar-refractivity contribution in [2.24, 2.45) is 5.92 Å². The van der Waals surface area contributed by atoms with E-state index in [-0.39, 0.29) is 0 Å². The molecule has 2 aromatic rings. The standard InChI is InChI=1S/C13H17N3OS/c1-2-9-6-10-12(14)15-11(16-13(10)18-9)5-8-3-4-17-7-8/h6,8H,2-5,7H2,1H3,(H2,14,15,16). The molecule has 1 atom stereocenters. The summed E-state index contributed by atoms with van der Waals surface area (Å²) in [5.74, 6) is 2.03. The number of nitrogen functional groups attached to an aromatic ring is 1. The van der Waals surface area contributed by atoms with Crippen molar-refractivity contribution in [3.63, 3.8) is 0 Å². The molecular weight excluding hydrogens is 246 g/mol. The van der Waals surface area contributed by atoms with Gasteiger partial charge in [0.15, 0.2) is 0 Å². The predicted molar refractivity (Wildman–Crippen MR) is 73.8 cm³/mol. The van der Waals surface area contributed by atoms with Crippen LogP contribution < -0.4 is 5.73 Å². The highest BCUT2D eigenvalue weighted by atomic mass is 32.1. The molecule has 1 aliphatic heterocycles. The summed E-state index contributed by atoms with van der Waals surface area (Å²) < 4.78 is 5.38. The van der Waals surface area contributed by atoms with E-state index in [1.54, 1.807) is 11.3 Å². The molecule has 18 heavy (non-hydrogen) atoms. The number of rotatable bonds is 3. The summed E-state index contributed by atoms with van der Waals surface area (Å²) in [6.45, 7) is 3.83. The molecule has 0 spiro atoms. The van der Waals surface area contributed by atoms with Crippen LogP contribution in [-0.4, -0.2) is 23.2 Å². The lowest BCUT2D eigenvalue weighted by Gasteiger charge is -2.06. The largest absolute Gasteiger partial charge is 0.383 e. The smallest absolute Gasteiger partial charge is 0.135 e. The zero-order valence-corrected chi connectivity index (χ0v) is 11.3. The fourth-order valence-electron chi connectivity index (χ4n) is 2.31. The lowest BCUT2D eigenvalue weighted by Crippen LogP contribution is -2.08. The summed E-state index contributed by atoms with van der Waals surface area (Å²) >= 11 is 1.72. The molecule has 3 rings (SSSR count). The number of thiophene rings is 1. The van der Waals surface area contributed by atoms with Gasteiger partial charge in [-0.1, -0.05) is 6.92 Å². The first-order valence-electron chi connectivity index (χ1n) is 6.39. The minimum atomic E-state index is 0.549. The van der Waals surface area contributed by atoms with Gasteiger partial charge < -0.3 is 10.5 Å². The second-order valence-electron chi connectivity index (χ2n) is 4.74. The molecule has 0 amide bonds. The molecule has 0 radical (unpaired) electrons. The zero-order chi connectivity index (χ0) is 12.5. The first-order chi connectivity index (χ1) is 8.76. The van der Waals surface area contributed by atoms with Crippen LogP contribution in [0.3, 0.4) is 0 Å². The highest BCUT2D eigenvalue weighted by molar-refractivity contribution is 7.18. The molecule has 4 nitrogen and oxygen atoms in total. The Kier molecular flexibility index (Phi) is 3.18. The minimum Gasteiger partial charge on any atom is -0.383 e. The second-order valence-corrected chi connectivity index (χ2v) is 5.86. The van der Waals surface area contributed by atoms with Gasteiger partial charge in [-0.2, -0.15) is 0 Å². The Morgan fingerprint density at radius 3 is 3.11 bits per heavy atom. The summed E-state index contributed by atoms with van der Waals surface area (Å²) in [5.41, 5.74) is 6.02. The fourth-order valence-corrected chi connectivity index (χ4v) is 3.30. The number of hydrogen-bond donors (Lipinski definition) is 1. The van der Waals surface area contributed by atoms with Crippen LogP contribution in [0.4, 0.5) is 5.82 Å². The van der Waals surface area contributed by atoms with E-state index in [9.17, 15) is 0 Å². The molecule has 2 N–H and O–H groups in total. The highest BCUT2D eigenvalue weighted by Gasteiger charge is 2.18. The third-order valence-electron chi connectivity index (χ3n) is 3.36. The lowest BCUT2D eigenvalue weighted by atomic mass is 10.0. The average Bonchev–Trinajstić information content (AvgIpc) is 2.97. The maximum atomic E-state index is 6.02. The van der Waals surface area contributed by atoms with Crippen molar-refractivity contribution in [1.82, 2.24) is 9.97 Å². The Hall–Kier alpha value is -1.20. The second kappa shape index (κ2) is 4.82.